The third-order valence-electron chi connectivity index (χ3n) is 4.59. The summed E-state index contributed by atoms with van der Waals surface area (Å²) in [5.74, 6) is -0.702. The van der Waals surface area contributed by atoms with Crippen LogP contribution in [0.2, 0.25) is 0 Å². The molecule has 4 rings (SSSR count). The molecule has 1 amide bonds. The fourth-order valence-corrected chi connectivity index (χ4v) is 4.37. The van der Waals surface area contributed by atoms with Gasteiger partial charge >= 0.3 is 5.97 Å². The van der Waals surface area contributed by atoms with Crippen molar-refractivity contribution in [3.63, 3.8) is 0 Å². The van der Waals surface area contributed by atoms with Gasteiger partial charge in [-0.1, -0.05) is 78.6 Å². The lowest BCUT2D eigenvalue weighted by Gasteiger charge is -2.15. The van der Waals surface area contributed by atoms with E-state index in [0.29, 0.717) is 27.3 Å². The van der Waals surface area contributed by atoms with Crippen LogP contribution in [0, 0.1) is 0 Å². The fourth-order valence-electron chi connectivity index (χ4n) is 3.08. The summed E-state index contributed by atoms with van der Waals surface area (Å²) in [4.78, 5) is 26.1. The Bertz CT molecular complexity index is 1190. The zero-order valence-electron chi connectivity index (χ0n) is 16.2. The molecule has 3 aromatic rings. The minimum atomic E-state index is -1.06. The zero-order valence-corrected chi connectivity index (χ0v) is 17.9. The van der Waals surface area contributed by atoms with Crippen molar-refractivity contribution in [2.24, 2.45) is 0 Å². The molecular formula is C24H17NO4S2. The van der Waals surface area contributed by atoms with Crippen LogP contribution in [0.25, 0.3) is 6.08 Å². The number of aromatic carboxylic acids is 1. The number of amides is 1. The summed E-state index contributed by atoms with van der Waals surface area (Å²) >= 11 is 6.57. The summed E-state index contributed by atoms with van der Waals surface area (Å²) in [7, 11) is 0. The number of carboxylic acids is 1. The zero-order chi connectivity index (χ0) is 21.8. The second kappa shape index (κ2) is 9.16. The van der Waals surface area contributed by atoms with Crippen molar-refractivity contribution in [1.82, 2.24) is 0 Å². The van der Waals surface area contributed by atoms with E-state index in [9.17, 15) is 14.7 Å². The smallest absolute Gasteiger partial charge is 0.335 e. The van der Waals surface area contributed by atoms with Crippen LogP contribution in [-0.2, 0) is 11.4 Å². The van der Waals surface area contributed by atoms with E-state index in [1.165, 1.54) is 28.8 Å². The highest BCUT2D eigenvalue weighted by atomic mass is 32.2. The van der Waals surface area contributed by atoms with Crippen LogP contribution in [0.3, 0.4) is 0 Å². The summed E-state index contributed by atoms with van der Waals surface area (Å²) < 4.78 is 6.32. The highest BCUT2D eigenvalue weighted by molar-refractivity contribution is 8.27. The Morgan fingerprint density at radius 3 is 2.55 bits per heavy atom. The molecule has 1 N–H and O–H groups in total. The molecule has 1 fully saturated rings. The maximum atomic E-state index is 13.1. The van der Waals surface area contributed by atoms with E-state index in [1.807, 2.05) is 54.6 Å². The number of anilines is 1. The van der Waals surface area contributed by atoms with E-state index in [1.54, 1.807) is 18.2 Å². The standard InChI is InChI=1S/C24H17NO4S2/c26-22-21(31-24(30)25(22)19-11-6-10-18(13-19)23(27)28)14-17-9-4-5-12-20(17)29-15-16-7-2-1-3-8-16/h1-14H,15H2,(H,27,28)/b21-14+. The third-order valence-corrected chi connectivity index (χ3v) is 5.89. The van der Waals surface area contributed by atoms with Gasteiger partial charge in [0.25, 0.3) is 5.91 Å². The Hall–Kier alpha value is -3.42. The molecule has 31 heavy (non-hydrogen) atoms. The van der Waals surface area contributed by atoms with Crippen LogP contribution in [0.4, 0.5) is 5.69 Å². The number of carboxylic acid groups (broad SMARTS) is 1. The molecule has 0 aliphatic carbocycles. The predicted molar refractivity (Wildman–Crippen MR) is 126 cm³/mol. The van der Waals surface area contributed by atoms with Gasteiger partial charge in [-0.15, -0.1) is 0 Å². The third kappa shape index (κ3) is 4.68. The average molecular weight is 448 g/mol. The lowest BCUT2D eigenvalue weighted by molar-refractivity contribution is -0.113. The number of nitrogens with zero attached hydrogens (tertiary/aromatic N) is 1. The van der Waals surface area contributed by atoms with Crippen molar-refractivity contribution < 1.29 is 19.4 Å². The topological polar surface area (TPSA) is 66.8 Å². The molecule has 0 bridgehead atoms. The summed E-state index contributed by atoms with van der Waals surface area (Å²) in [5.41, 5.74) is 2.33. The minimum absolute atomic E-state index is 0.0928. The summed E-state index contributed by atoms with van der Waals surface area (Å²) in [5, 5.41) is 9.23. The number of benzene rings is 3. The van der Waals surface area contributed by atoms with Crippen molar-refractivity contribution in [2.45, 2.75) is 6.61 Å². The van der Waals surface area contributed by atoms with Crippen LogP contribution >= 0.6 is 24.0 Å². The molecule has 1 aliphatic heterocycles. The van der Waals surface area contributed by atoms with Crippen LogP contribution < -0.4 is 9.64 Å². The number of hydrogen-bond donors (Lipinski definition) is 1. The number of hydrogen-bond acceptors (Lipinski definition) is 5. The first-order chi connectivity index (χ1) is 15.0. The summed E-state index contributed by atoms with van der Waals surface area (Å²) in [6, 6.07) is 23.5. The predicted octanol–water partition coefficient (Wildman–Crippen LogP) is 5.37. The van der Waals surface area contributed by atoms with Crippen molar-refractivity contribution in [3.05, 3.63) is 100 Å². The van der Waals surface area contributed by atoms with Gasteiger partial charge in [0.15, 0.2) is 4.32 Å². The Morgan fingerprint density at radius 2 is 1.77 bits per heavy atom. The number of thioether (sulfide) groups is 1. The van der Waals surface area contributed by atoms with Crippen LogP contribution in [0.1, 0.15) is 21.5 Å². The molecule has 0 aromatic heterocycles. The van der Waals surface area contributed by atoms with E-state index < -0.39 is 5.97 Å². The molecule has 0 spiro atoms. The Balaban J connectivity index is 1.59. The maximum Gasteiger partial charge on any atom is 0.335 e. The van der Waals surface area contributed by atoms with Gasteiger partial charge in [0, 0.05) is 5.56 Å². The molecule has 7 heteroatoms. The van der Waals surface area contributed by atoms with E-state index in [-0.39, 0.29) is 11.5 Å². The lowest BCUT2D eigenvalue weighted by atomic mass is 10.1. The maximum absolute atomic E-state index is 13.1. The van der Waals surface area contributed by atoms with Crippen molar-refractivity contribution >= 4 is 51.9 Å². The molecule has 154 valence electrons. The van der Waals surface area contributed by atoms with E-state index in [2.05, 4.69) is 0 Å². The van der Waals surface area contributed by atoms with Gasteiger partial charge in [0.1, 0.15) is 12.4 Å². The van der Waals surface area contributed by atoms with Crippen molar-refractivity contribution in [2.75, 3.05) is 4.90 Å². The number of thiocarbonyl (C=S) groups is 1. The van der Waals surface area contributed by atoms with Gasteiger partial charge in [-0.25, -0.2) is 4.79 Å². The molecular weight excluding hydrogens is 430 g/mol. The molecule has 1 aliphatic rings. The van der Waals surface area contributed by atoms with E-state index in [4.69, 9.17) is 17.0 Å². The molecule has 5 nitrogen and oxygen atoms in total. The SMILES string of the molecule is O=C(O)c1cccc(N2C(=O)/C(=C\c3ccccc3OCc3ccccc3)SC2=S)c1. The normalized spacial score (nSPS) is 14.8. The number of para-hydroxylation sites is 1. The first kappa shape index (κ1) is 20.8. The second-order valence-corrected chi connectivity index (χ2v) is 8.36. The molecule has 0 radical (unpaired) electrons. The van der Waals surface area contributed by atoms with Crippen molar-refractivity contribution in [3.8, 4) is 5.75 Å². The average Bonchev–Trinajstić information content (AvgIpc) is 3.06. The first-order valence-electron chi connectivity index (χ1n) is 9.40. The van der Waals surface area contributed by atoms with Gasteiger partial charge in [0.05, 0.1) is 16.2 Å². The molecule has 0 unspecified atom stereocenters. The largest absolute Gasteiger partial charge is 0.488 e. The van der Waals surface area contributed by atoms with E-state index in [0.717, 1.165) is 11.1 Å². The molecule has 1 heterocycles. The Kier molecular flexibility index (Phi) is 6.16. The quantitative estimate of drug-likeness (QED) is 0.405. The van der Waals surface area contributed by atoms with Crippen LogP contribution in [-0.4, -0.2) is 21.3 Å². The molecule has 3 aromatic carbocycles. The number of ether oxygens (including phenoxy) is 1. The number of carbonyl (C=O) groups excluding carboxylic acids is 1. The van der Waals surface area contributed by atoms with Gasteiger partial charge in [0.2, 0.25) is 0 Å². The summed E-state index contributed by atoms with van der Waals surface area (Å²) in [6.45, 7) is 0.411. The molecule has 0 saturated carbocycles. The Labute approximate surface area is 189 Å². The molecule has 0 atom stereocenters. The highest BCUT2D eigenvalue weighted by Gasteiger charge is 2.33. The van der Waals surface area contributed by atoms with Gasteiger partial charge < -0.3 is 9.84 Å². The van der Waals surface area contributed by atoms with Crippen molar-refractivity contribution in [1.29, 1.82) is 0 Å². The van der Waals surface area contributed by atoms with Gasteiger partial charge in [-0.2, -0.15) is 0 Å². The molecule has 1 saturated heterocycles. The van der Waals surface area contributed by atoms with Gasteiger partial charge in [-0.3, -0.25) is 9.69 Å². The summed E-state index contributed by atoms with van der Waals surface area (Å²) in [6.07, 6.45) is 1.75. The second-order valence-electron chi connectivity index (χ2n) is 6.68. The first-order valence-corrected chi connectivity index (χ1v) is 10.6. The number of rotatable bonds is 6. The lowest BCUT2D eigenvalue weighted by Crippen LogP contribution is -2.27. The monoisotopic (exact) mass is 447 g/mol. The Morgan fingerprint density at radius 1 is 1.03 bits per heavy atom. The van der Waals surface area contributed by atoms with Crippen LogP contribution in [0.5, 0.6) is 5.75 Å². The van der Waals surface area contributed by atoms with E-state index >= 15 is 0 Å². The highest BCUT2D eigenvalue weighted by Crippen LogP contribution is 2.37. The van der Waals surface area contributed by atoms with Crippen LogP contribution in [0.15, 0.2) is 83.8 Å². The fraction of sp³-hybridized carbons (Fsp3) is 0.0417. The minimum Gasteiger partial charge on any atom is -0.488 e. The van der Waals surface area contributed by atoms with Gasteiger partial charge in [-0.05, 0) is 35.9 Å². The number of carbonyl (C=O) groups is 2.